The summed E-state index contributed by atoms with van der Waals surface area (Å²) in [6, 6.07) is 9.06. The fourth-order valence-corrected chi connectivity index (χ4v) is 5.73. The molecule has 3 heterocycles. The minimum Gasteiger partial charge on any atom is -0.478 e. The Morgan fingerprint density at radius 1 is 1.14 bits per heavy atom. The van der Waals surface area contributed by atoms with E-state index in [2.05, 4.69) is 9.97 Å². The SMILES string of the molecule is O=C(O)c1ccc2nc(CN3CCc4cc(C(F)(F)F)c(OCc5ccc(Cl)cc5F)nc4C3)n(CC3CCC3(F)F)c2c1. The normalized spacial score (nSPS) is 18.2. The van der Waals surface area contributed by atoms with Gasteiger partial charge in [-0.05, 0) is 54.8 Å². The third-order valence-corrected chi connectivity index (χ3v) is 8.41. The van der Waals surface area contributed by atoms with Crippen LogP contribution in [0, 0.1) is 11.7 Å². The molecule has 4 aromatic rings. The van der Waals surface area contributed by atoms with Crippen molar-refractivity contribution in [2.75, 3.05) is 6.54 Å². The lowest BCUT2D eigenvalue weighted by Crippen LogP contribution is -2.41. The summed E-state index contributed by atoms with van der Waals surface area (Å²) < 4.78 is 91.6. The molecule has 1 saturated carbocycles. The summed E-state index contributed by atoms with van der Waals surface area (Å²) >= 11 is 5.76. The average molecular weight is 639 g/mol. The molecule has 2 aliphatic rings. The molecule has 232 valence electrons. The minimum absolute atomic E-state index is 0.00525. The summed E-state index contributed by atoms with van der Waals surface area (Å²) in [7, 11) is 0. The van der Waals surface area contributed by atoms with Crippen molar-refractivity contribution in [3.63, 3.8) is 0 Å². The second-order valence-corrected chi connectivity index (χ2v) is 11.5. The van der Waals surface area contributed by atoms with Crippen LogP contribution in [0.4, 0.5) is 26.3 Å². The topological polar surface area (TPSA) is 80.5 Å². The number of nitrogens with zero attached hydrogens (tertiary/aromatic N) is 4. The maximum atomic E-state index is 14.3. The van der Waals surface area contributed by atoms with Crippen molar-refractivity contribution in [3.8, 4) is 5.88 Å². The summed E-state index contributed by atoms with van der Waals surface area (Å²) in [6.07, 6.45) is -4.45. The molecule has 0 bridgehead atoms. The predicted molar refractivity (Wildman–Crippen MR) is 147 cm³/mol. The first-order valence-electron chi connectivity index (χ1n) is 13.8. The van der Waals surface area contributed by atoms with E-state index >= 15 is 0 Å². The minimum atomic E-state index is -4.77. The largest absolute Gasteiger partial charge is 0.478 e. The fraction of sp³-hybridized carbons (Fsp3) is 0.367. The number of benzene rings is 2. The third kappa shape index (κ3) is 5.94. The number of carboxylic acids is 1. The van der Waals surface area contributed by atoms with Crippen LogP contribution in [0.15, 0.2) is 42.5 Å². The van der Waals surface area contributed by atoms with Crippen molar-refractivity contribution in [1.82, 2.24) is 19.4 Å². The molecule has 44 heavy (non-hydrogen) atoms. The zero-order valence-electron chi connectivity index (χ0n) is 23.0. The lowest BCUT2D eigenvalue weighted by Gasteiger charge is -2.37. The Hall–Kier alpha value is -3.84. The number of imidazole rings is 1. The van der Waals surface area contributed by atoms with E-state index in [0.29, 0.717) is 41.1 Å². The summed E-state index contributed by atoms with van der Waals surface area (Å²) in [6.45, 7) is 0.0475. The van der Waals surface area contributed by atoms with Gasteiger partial charge >= 0.3 is 12.1 Å². The zero-order valence-corrected chi connectivity index (χ0v) is 23.7. The van der Waals surface area contributed by atoms with Crippen LogP contribution < -0.4 is 4.74 Å². The number of alkyl halides is 5. The van der Waals surface area contributed by atoms with Gasteiger partial charge in [-0.25, -0.2) is 27.9 Å². The first-order valence-corrected chi connectivity index (χ1v) is 14.2. The van der Waals surface area contributed by atoms with Crippen LogP contribution >= 0.6 is 11.6 Å². The molecule has 6 rings (SSSR count). The van der Waals surface area contributed by atoms with Gasteiger partial charge in [-0.1, -0.05) is 17.7 Å². The molecule has 1 aliphatic carbocycles. The number of aromatic carboxylic acids is 1. The highest BCUT2D eigenvalue weighted by Gasteiger charge is 2.48. The van der Waals surface area contributed by atoms with E-state index in [1.807, 2.05) is 4.90 Å². The number of rotatable bonds is 8. The molecule has 0 amide bonds. The molecule has 0 saturated heterocycles. The van der Waals surface area contributed by atoms with E-state index in [4.69, 9.17) is 16.3 Å². The smallest absolute Gasteiger partial charge is 0.421 e. The molecule has 2 aromatic heterocycles. The van der Waals surface area contributed by atoms with Gasteiger partial charge in [0, 0.05) is 42.6 Å². The Morgan fingerprint density at radius 3 is 2.59 bits per heavy atom. The lowest BCUT2D eigenvalue weighted by atomic mass is 9.80. The average Bonchev–Trinajstić information content (AvgIpc) is 3.29. The van der Waals surface area contributed by atoms with E-state index < -0.39 is 47.9 Å². The van der Waals surface area contributed by atoms with Crippen molar-refractivity contribution < 1.29 is 41.0 Å². The maximum absolute atomic E-state index is 14.3. The van der Waals surface area contributed by atoms with Crippen LogP contribution in [0.25, 0.3) is 11.0 Å². The Morgan fingerprint density at radius 2 is 1.93 bits per heavy atom. The number of carboxylic acid groups (broad SMARTS) is 1. The van der Waals surface area contributed by atoms with Crippen LogP contribution in [0.2, 0.25) is 5.02 Å². The molecule has 7 nitrogen and oxygen atoms in total. The van der Waals surface area contributed by atoms with Gasteiger partial charge in [-0.15, -0.1) is 0 Å². The number of hydrogen-bond donors (Lipinski definition) is 1. The molecule has 0 radical (unpaired) electrons. The second kappa shape index (κ2) is 11.3. The molecule has 1 aliphatic heterocycles. The number of hydrogen-bond acceptors (Lipinski definition) is 5. The summed E-state index contributed by atoms with van der Waals surface area (Å²) in [5.74, 6) is -5.92. The summed E-state index contributed by atoms with van der Waals surface area (Å²) in [5, 5.41) is 9.60. The van der Waals surface area contributed by atoms with Gasteiger partial charge in [0.15, 0.2) is 0 Å². The van der Waals surface area contributed by atoms with Crippen molar-refractivity contribution in [2.45, 2.75) is 57.6 Å². The first kappa shape index (κ1) is 30.2. The highest BCUT2D eigenvalue weighted by atomic mass is 35.5. The molecule has 1 unspecified atom stereocenters. The van der Waals surface area contributed by atoms with Gasteiger partial charge in [0.1, 0.15) is 23.8 Å². The van der Waals surface area contributed by atoms with Gasteiger partial charge in [-0.3, -0.25) is 4.90 Å². The summed E-state index contributed by atoms with van der Waals surface area (Å²) in [4.78, 5) is 22.3. The molecule has 14 heteroatoms. The quantitative estimate of drug-likeness (QED) is 0.207. The Kier molecular flexibility index (Phi) is 7.73. The highest BCUT2D eigenvalue weighted by Crippen LogP contribution is 2.45. The van der Waals surface area contributed by atoms with Crippen LogP contribution in [0.3, 0.4) is 0 Å². The van der Waals surface area contributed by atoms with E-state index in [0.717, 1.165) is 12.1 Å². The molecular weight excluding hydrogens is 614 g/mol. The van der Waals surface area contributed by atoms with E-state index in [1.54, 1.807) is 4.57 Å². The Balaban J connectivity index is 1.28. The number of aromatic nitrogens is 3. The highest BCUT2D eigenvalue weighted by molar-refractivity contribution is 6.30. The standard InChI is InChI=1S/C30H25ClF6N4O3/c31-20-3-1-18(22(32)11-20)15-44-27-21(30(35,36)37)9-16-6-8-40(13-24(16)39-27)14-26-38-23-4-2-17(28(42)43)10-25(23)41(26)12-19-5-7-29(19,33)34/h1-4,9-11,19H,5-8,12-15H2,(H,42,43). The number of carbonyl (C=O) groups is 1. The van der Waals surface area contributed by atoms with Crippen molar-refractivity contribution in [1.29, 1.82) is 0 Å². The molecular formula is C30H25ClF6N4O3. The Labute approximate surface area is 252 Å². The Bertz CT molecular complexity index is 1760. The molecule has 0 spiro atoms. The summed E-state index contributed by atoms with van der Waals surface area (Å²) in [5.41, 5.74) is 0.501. The van der Waals surface area contributed by atoms with Crippen LogP contribution in [-0.2, 0) is 38.8 Å². The van der Waals surface area contributed by atoms with Crippen molar-refractivity contribution in [3.05, 3.63) is 87.1 Å². The van der Waals surface area contributed by atoms with Crippen molar-refractivity contribution >= 4 is 28.6 Å². The monoisotopic (exact) mass is 638 g/mol. The van der Waals surface area contributed by atoms with Gasteiger partial charge in [0.2, 0.25) is 5.88 Å². The molecule has 1 fully saturated rings. The van der Waals surface area contributed by atoms with Gasteiger partial charge < -0.3 is 14.4 Å². The fourth-order valence-electron chi connectivity index (χ4n) is 5.57. The van der Waals surface area contributed by atoms with E-state index in [1.165, 1.54) is 30.3 Å². The van der Waals surface area contributed by atoms with Gasteiger partial charge in [0.05, 0.1) is 28.8 Å². The maximum Gasteiger partial charge on any atom is 0.421 e. The number of fused-ring (bicyclic) bond motifs is 2. The number of ether oxygens (including phenoxy) is 1. The van der Waals surface area contributed by atoms with Crippen LogP contribution in [0.5, 0.6) is 5.88 Å². The van der Waals surface area contributed by atoms with E-state index in [-0.39, 0.29) is 48.6 Å². The lowest BCUT2D eigenvalue weighted by molar-refractivity contribution is -0.139. The number of pyridine rings is 1. The molecule has 1 atom stereocenters. The van der Waals surface area contributed by atoms with Crippen LogP contribution in [0.1, 0.15) is 51.4 Å². The second-order valence-electron chi connectivity index (χ2n) is 11.1. The van der Waals surface area contributed by atoms with E-state index in [9.17, 15) is 36.2 Å². The van der Waals surface area contributed by atoms with Gasteiger partial charge in [-0.2, -0.15) is 13.2 Å². The van der Waals surface area contributed by atoms with Crippen LogP contribution in [-0.4, -0.2) is 43.0 Å². The van der Waals surface area contributed by atoms with Crippen molar-refractivity contribution in [2.24, 2.45) is 5.92 Å². The zero-order chi connectivity index (χ0) is 31.4. The third-order valence-electron chi connectivity index (χ3n) is 8.18. The number of halogens is 7. The molecule has 2 aromatic carbocycles. The predicted octanol–water partition coefficient (Wildman–Crippen LogP) is 7.12. The molecule has 1 N–H and O–H groups in total. The van der Waals surface area contributed by atoms with Gasteiger partial charge in [0.25, 0.3) is 5.92 Å². The first-order chi connectivity index (χ1) is 20.8.